The lowest BCUT2D eigenvalue weighted by atomic mass is 9.99. The maximum Gasteiger partial charge on any atom is 0.0309 e. The SMILES string of the molecule is CSCCC(C)N(C)CCC(N)c1ccccc1C. The fourth-order valence-electron chi connectivity index (χ4n) is 2.23. The van der Waals surface area contributed by atoms with E-state index in [4.69, 9.17) is 5.73 Å². The summed E-state index contributed by atoms with van der Waals surface area (Å²) in [6.45, 7) is 5.50. The molecule has 3 heteroatoms. The molecule has 0 radical (unpaired) electrons. The van der Waals surface area contributed by atoms with Crippen molar-refractivity contribution in [3.05, 3.63) is 35.4 Å². The molecule has 0 saturated heterocycles. The van der Waals surface area contributed by atoms with E-state index in [2.05, 4.69) is 56.3 Å². The van der Waals surface area contributed by atoms with Crippen LogP contribution >= 0.6 is 11.8 Å². The molecule has 1 aromatic rings. The summed E-state index contributed by atoms with van der Waals surface area (Å²) in [7, 11) is 2.20. The van der Waals surface area contributed by atoms with Gasteiger partial charge in [-0.05, 0) is 63.4 Å². The molecular weight excluding hydrogens is 252 g/mol. The van der Waals surface area contributed by atoms with Crippen LogP contribution in [0.25, 0.3) is 0 Å². The molecule has 2 atom stereocenters. The van der Waals surface area contributed by atoms with Crippen LogP contribution in [0.15, 0.2) is 24.3 Å². The second-order valence-corrected chi connectivity index (χ2v) is 6.35. The van der Waals surface area contributed by atoms with Crippen LogP contribution in [0.2, 0.25) is 0 Å². The van der Waals surface area contributed by atoms with E-state index in [1.807, 2.05) is 11.8 Å². The Hall–Kier alpha value is -0.510. The molecule has 1 aromatic carbocycles. The highest BCUT2D eigenvalue weighted by Crippen LogP contribution is 2.19. The largest absolute Gasteiger partial charge is 0.324 e. The van der Waals surface area contributed by atoms with Gasteiger partial charge in [0.25, 0.3) is 0 Å². The van der Waals surface area contributed by atoms with Crippen LogP contribution in [0.1, 0.15) is 36.9 Å². The smallest absolute Gasteiger partial charge is 0.0309 e. The average Bonchev–Trinajstić information content (AvgIpc) is 2.42. The fraction of sp³-hybridized carbons (Fsp3) is 0.625. The molecule has 2 nitrogen and oxygen atoms in total. The maximum absolute atomic E-state index is 6.31. The molecule has 0 amide bonds. The molecule has 1 rings (SSSR count). The summed E-state index contributed by atoms with van der Waals surface area (Å²) in [4.78, 5) is 2.42. The minimum atomic E-state index is 0.149. The van der Waals surface area contributed by atoms with E-state index >= 15 is 0 Å². The van der Waals surface area contributed by atoms with Crippen molar-refractivity contribution in [1.82, 2.24) is 4.90 Å². The Morgan fingerprint density at radius 1 is 1.26 bits per heavy atom. The Bertz CT molecular complexity index is 368. The third kappa shape index (κ3) is 5.55. The molecule has 0 fully saturated rings. The molecule has 0 aliphatic rings. The standard InChI is InChI=1S/C16H28N2S/c1-13-7-5-6-8-15(13)16(17)9-11-18(3)14(2)10-12-19-4/h5-8,14,16H,9-12,17H2,1-4H3. The predicted octanol–water partition coefficient (Wildman–Crippen LogP) is 3.46. The second kappa shape index (κ2) is 8.62. The van der Waals surface area contributed by atoms with Crippen LogP contribution in [0.4, 0.5) is 0 Å². The van der Waals surface area contributed by atoms with Gasteiger partial charge in [-0.3, -0.25) is 0 Å². The first-order chi connectivity index (χ1) is 9.06. The summed E-state index contributed by atoms with van der Waals surface area (Å²) in [5, 5.41) is 0. The lowest BCUT2D eigenvalue weighted by Gasteiger charge is -2.26. The third-order valence-corrected chi connectivity index (χ3v) is 4.52. The van der Waals surface area contributed by atoms with Crippen molar-refractivity contribution < 1.29 is 0 Å². The van der Waals surface area contributed by atoms with Gasteiger partial charge in [0, 0.05) is 12.1 Å². The molecule has 19 heavy (non-hydrogen) atoms. The van der Waals surface area contributed by atoms with E-state index in [0.717, 1.165) is 13.0 Å². The van der Waals surface area contributed by atoms with Gasteiger partial charge in [0.2, 0.25) is 0 Å². The highest BCUT2D eigenvalue weighted by atomic mass is 32.2. The van der Waals surface area contributed by atoms with Crippen molar-refractivity contribution in [3.8, 4) is 0 Å². The van der Waals surface area contributed by atoms with Crippen molar-refractivity contribution in [3.63, 3.8) is 0 Å². The fourth-order valence-corrected chi connectivity index (χ4v) is 2.81. The highest BCUT2D eigenvalue weighted by molar-refractivity contribution is 7.98. The summed E-state index contributed by atoms with van der Waals surface area (Å²) < 4.78 is 0. The van der Waals surface area contributed by atoms with Crippen molar-refractivity contribution in [1.29, 1.82) is 0 Å². The first-order valence-electron chi connectivity index (χ1n) is 7.06. The van der Waals surface area contributed by atoms with Crippen molar-refractivity contribution in [2.75, 3.05) is 25.6 Å². The molecule has 0 aliphatic carbocycles. The Morgan fingerprint density at radius 3 is 2.58 bits per heavy atom. The van der Waals surface area contributed by atoms with Crippen molar-refractivity contribution in [2.45, 2.75) is 38.8 Å². The first kappa shape index (κ1) is 16.5. The monoisotopic (exact) mass is 280 g/mol. The normalized spacial score (nSPS) is 14.6. The van der Waals surface area contributed by atoms with E-state index in [9.17, 15) is 0 Å². The van der Waals surface area contributed by atoms with Gasteiger partial charge in [0.05, 0.1) is 0 Å². The average molecular weight is 280 g/mol. The summed E-state index contributed by atoms with van der Waals surface area (Å²) >= 11 is 1.92. The highest BCUT2D eigenvalue weighted by Gasteiger charge is 2.12. The van der Waals surface area contributed by atoms with Gasteiger partial charge in [-0.15, -0.1) is 0 Å². The van der Waals surface area contributed by atoms with E-state index in [1.54, 1.807) is 0 Å². The lowest BCUT2D eigenvalue weighted by molar-refractivity contribution is 0.244. The van der Waals surface area contributed by atoms with Gasteiger partial charge in [-0.25, -0.2) is 0 Å². The van der Waals surface area contributed by atoms with Gasteiger partial charge in [0.15, 0.2) is 0 Å². The summed E-state index contributed by atoms with van der Waals surface area (Å²) in [5.41, 5.74) is 8.90. The maximum atomic E-state index is 6.31. The Labute approximate surface area is 122 Å². The Kier molecular flexibility index (Phi) is 7.51. The first-order valence-corrected chi connectivity index (χ1v) is 8.46. The minimum absolute atomic E-state index is 0.149. The number of aryl methyl sites for hydroxylation is 1. The zero-order valence-electron chi connectivity index (χ0n) is 12.7. The molecule has 2 unspecified atom stereocenters. The second-order valence-electron chi connectivity index (χ2n) is 5.36. The number of hydrogen-bond acceptors (Lipinski definition) is 3. The molecule has 0 heterocycles. The molecule has 0 aliphatic heterocycles. The van der Waals surface area contributed by atoms with Crippen molar-refractivity contribution >= 4 is 11.8 Å². The van der Waals surface area contributed by atoms with Gasteiger partial charge in [-0.1, -0.05) is 24.3 Å². The Morgan fingerprint density at radius 2 is 1.95 bits per heavy atom. The summed E-state index contributed by atoms with van der Waals surface area (Å²) in [6.07, 6.45) is 4.43. The Balaban J connectivity index is 2.41. The van der Waals surface area contributed by atoms with E-state index < -0.39 is 0 Å². The summed E-state index contributed by atoms with van der Waals surface area (Å²) in [6, 6.07) is 9.22. The van der Waals surface area contributed by atoms with Crippen LogP contribution in [0.5, 0.6) is 0 Å². The molecule has 0 spiro atoms. The van der Waals surface area contributed by atoms with Crippen LogP contribution < -0.4 is 5.73 Å². The lowest BCUT2D eigenvalue weighted by Crippen LogP contribution is -2.32. The van der Waals surface area contributed by atoms with E-state index in [1.165, 1.54) is 23.3 Å². The van der Waals surface area contributed by atoms with Crippen LogP contribution in [-0.2, 0) is 0 Å². The molecular formula is C16H28N2S. The van der Waals surface area contributed by atoms with Gasteiger partial charge in [0.1, 0.15) is 0 Å². The number of hydrogen-bond donors (Lipinski definition) is 1. The zero-order chi connectivity index (χ0) is 14.3. The topological polar surface area (TPSA) is 29.3 Å². The molecule has 0 saturated carbocycles. The van der Waals surface area contributed by atoms with Gasteiger partial charge < -0.3 is 10.6 Å². The number of nitrogens with zero attached hydrogens (tertiary/aromatic N) is 1. The molecule has 0 bridgehead atoms. The minimum Gasteiger partial charge on any atom is -0.324 e. The van der Waals surface area contributed by atoms with Gasteiger partial charge in [-0.2, -0.15) is 11.8 Å². The van der Waals surface area contributed by atoms with Crippen LogP contribution in [0.3, 0.4) is 0 Å². The third-order valence-electron chi connectivity index (χ3n) is 3.87. The van der Waals surface area contributed by atoms with Crippen LogP contribution in [0, 0.1) is 6.92 Å². The number of rotatable bonds is 8. The predicted molar refractivity (Wildman–Crippen MR) is 87.8 cm³/mol. The number of nitrogens with two attached hydrogens (primary N) is 1. The molecule has 0 aromatic heterocycles. The quantitative estimate of drug-likeness (QED) is 0.791. The number of benzene rings is 1. The van der Waals surface area contributed by atoms with Gasteiger partial charge >= 0.3 is 0 Å². The zero-order valence-corrected chi connectivity index (χ0v) is 13.5. The summed E-state index contributed by atoms with van der Waals surface area (Å²) in [5.74, 6) is 1.23. The molecule has 2 N–H and O–H groups in total. The van der Waals surface area contributed by atoms with Crippen LogP contribution in [-0.4, -0.2) is 36.5 Å². The van der Waals surface area contributed by atoms with Crippen molar-refractivity contribution in [2.24, 2.45) is 5.73 Å². The van der Waals surface area contributed by atoms with E-state index in [-0.39, 0.29) is 6.04 Å². The number of thioether (sulfide) groups is 1. The van der Waals surface area contributed by atoms with E-state index in [0.29, 0.717) is 6.04 Å². The molecule has 108 valence electrons.